The molecule has 0 saturated carbocycles. The van der Waals surface area contributed by atoms with Crippen LogP contribution >= 0.6 is 0 Å². The maximum Gasteiger partial charge on any atom is 0.268 e. The molecule has 2 aromatic rings. The number of amides is 1. The summed E-state index contributed by atoms with van der Waals surface area (Å²) < 4.78 is 1.34. The van der Waals surface area contributed by atoms with Gasteiger partial charge in [0.25, 0.3) is 11.5 Å². The summed E-state index contributed by atoms with van der Waals surface area (Å²) >= 11 is 0. The van der Waals surface area contributed by atoms with E-state index in [-0.39, 0.29) is 18.0 Å². The monoisotopic (exact) mass is 268 g/mol. The van der Waals surface area contributed by atoms with E-state index < -0.39 is 0 Å². The number of aromatic nitrogens is 1. The van der Waals surface area contributed by atoms with Gasteiger partial charge in [-0.05, 0) is 23.9 Å². The van der Waals surface area contributed by atoms with Crippen LogP contribution < -0.4 is 10.9 Å². The molecule has 0 unspecified atom stereocenters. The largest absolute Gasteiger partial charge is 0.351 e. The van der Waals surface area contributed by atoms with Gasteiger partial charge in [-0.2, -0.15) is 0 Å². The van der Waals surface area contributed by atoms with E-state index in [9.17, 15) is 9.59 Å². The first-order chi connectivity index (χ1) is 9.69. The van der Waals surface area contributed by atoms with Crippen molar-refractivity contribution in [3.05, 3.63) is 46.4 Å². The Morgan fingerprint density at radius 1 is 1.40 bits per heavy atom. The lowest BCUT2D eigenvalue weighted by Crippen LogP contribution is -2.32. The molecule has 0 radical (unpaired) electrons. The Morgan fingerprint density at radius 2 is 2.15 bits per heavy atom. The molecule has 0 aliphatic heterocycles. The summed E-state index contributed by atoms with van der Waals surface area (Å²) in [5.41, 5.74) is 0.0720. The minimum Gasteiger partial charge on any atom is -0.351 e. The van der Waals surface area contributed by atoms with Crippen LogP contribution in [0, 0.1) is 12.3 Å². The molecule has 20 heavy (non-hydrogen) atoms. The molecule has 0 spiro atoms. The summed E-state index contributed by atoms with van der Waals surface area (Å²) in [6.45, 7) is 2.61. The lowest BCUT2D eigenvalue weighted by Gasteiger charge is -2.12. The molecule has 0 saturated heterocycles. The standard InChI is InChI=1S/C16H16N2O2/c1-3-9-17-15(19)14-11-12-7-5-6-8-13(12)16(20)18(14)10-4-2/h2,5-8,11H,3,9-10H2,1H3,(H,17,19). The Balaban J connectivity index is 2.63. The number of hydrogen-bond acceptors (Lipinski definition) is 2. The number of fused-ring (bicyclic) bond motifs is 1. The van der Waals surface area contributed by atoms with Gasteiger partial charge in [-0.15, -0.1) is 6.42 Å². The van der Waals surface area contributed by atoms with Crippen molar-refractivity contribution in [2.75, 3.05) is 6.54 Å². The molecule has 0 aliphatic carbocycles. The van der Waals surface area contributed by atoms with Crippen LogP contribution in [0.4, 0.5) is 0 Å². The maximum absolute atomic E-state index is 12.4. The fourth-order valence-corrected chi connectivity index (χ4v) is 2.06. The molecular formula is C16H16N2O2. The zero-order valence-electron chi connectivity index (χ0n) is 11.3. The van der Waals surface area contributed by atoms with Gasteiger partial charge in [-0.3, -0.25) is 14.2 Å². The normalized spacial score (nSPS) is 10.2. The second kappa shape index (κ2) is 6.07. The van der Waals surface area contributed by atoms with Crippen LogP contribution in [0.25, 0.3) is 10.8 Å². The molecule has 102 valence electrons. The number of hydrogen-bond donors (Lipinski definition) is 1. The van der Waals surface area contributed by atoms with Crippen LogP contribution in [0.3, 0.4) is 0 Å². The Kier molecular flexibility index (Phi) is 4.21. The number of nitrogens with zero attached hydrogens (tertiary/aromatic N) is 1. The molecular weight excluding hydrogens is 252 g/mol. The highest BCUT2D eigenvalue weighted by atomic mass is 16.2. The van der Waals surface area contributed by atoms with E-state index in [0.717, 1.165) is 11.8 Å². The van der Waals surface area contributed by atoms with Crippen molar-refractivity contribution in [3.8, 4) is 12.3 Å². The molecule has 4 nitrogen and oxygen atoms in total. The average molecular weight is 268 g/mol. The summed E-state index contributed by atoms with van der Waals surface area (Å²) in [4.78, 5) is 24.6. The van der Waals surface area contributed by atoms with E-state index in [4.69, 9.17) is 6.42 Å². The molecule has 0 atom stereocenters. The Labute approximate surface area is 117 Å². The van der Waals surface area contributed by atoms with Crippen molar-refractivity contribution in [1.29, 1.82) is 0 Å². The molecule has 0 bridgehead atoms. The number of pyridine rings is 1. The highest BCUT2D eigenvalue weighted by Gasteiger charge is 2.14. The molecule has 1 heterocycles. The van der Waals surface area contributed by atoms with Crippen molar-refractivity contribution < 1.29 is 4.79 Å². The number of benzene rings is 1. The van der Waals surface area contributed by atoms with Gasteiger partial charge in [0.1, 0.15) is 5.69 Å². The summed E-state index contributed by atoms with van der Waals surface area (Å²) in [5, 5.41) is 4.08. The van der Waals surface area contributed by atoms with Crippen molar-refractivity contribution in [2.24, 2.45) is 0 Å². The van der Waals surface area contributed by atoms with Gasteiger partial charge in [0.2, 0.25) is 0 Å². The topological polar surface area (TPSA) is 51.1 Å². The SMILES string of the molecule is C#CCn1c(C(=O)NCCC)cc2ccccc2c1=O. The Bertz CT molecular complexity index is 738. The number of nitrogens with one attached hydrogen (secondary N) is 1. The third-order valence-corrected chi connectivity index (χ3v) is 3.04. The third-order valence-electron chi connectivity index (χ3n) is 3.04. The molecule has 1 aromatic carbocycles. The summed E-state index contributed by atoms with van der Waals surface area (Å²) in [5.74, 6) is 2.15. The zero-order valence-corrected chi connectivity index (χ0v) is 11.3. The van der Waals surface area contributed by atoms with Crippen molar-refractivity contribution in [1.82, 2.24) is 9.88 Å². The molecule has 0 fully saturated rings. The van der Waals surface area contributed by atoms with Crippen molar-refractivity contribution in [2.45, 2.75) is 19.9 Å². The van der Waals surface area contributed by atoms with Crippen LogP contribution in [0.5, 0.6) is 0 Å². The smallest absolute Gasteiger partial charge is 0.268 e. The molecule has 2 rings (SSSR count). The Morgan fingerprint density at radius 3 is 2.85 bits per heavy atom. The van der Waals surface area contributed by atoms with Crippen molar-refractivity contribution in [3.63, 3.8) is 0 Å². The summed E-state index contributed by atoms with van der Waals surface area (Å²) in [6.07, 6.45) is 6.13. The van der Waals surface area contributed by atoms with Gasteiger partial charge in [-0.25, -0.2) is 0 Å². The molecule has 1 amide bonds. The van der Waals surface area contributed by atoms with Crippen LogP contribution in [-0.2, 0) is 6.54 Å². The second-order valence-corrected chi connectivity index (χ2v) is 4.47. The van der Waals surface area contributed by atoms with Crippen LogP contribution in [0.2, 0.25) is 0 Å². The first-order valence-corrected chi connectivity index (χ1v) is 6.53. The van der Waals surface area contributed by atoms with Crippen molar-refractivity contribution >= 4 is 16.7 Å². The molecule has 4 heteroatoms. The van der Waals surface area contributed by atoms with Gasteiger partial charge >= 0.3 is 0 Å². The van der Waals surface area contributed by atoms with Gasteiger partial charge in [-0.1, -0.05) is 31.0 Å². The minimum atomic E-state index is -0.273. The first-order valence-electron chi connectivity index (χ1n) is 6.53. The summed E-state index contributed by atoms with van der Waals surface area (Å²) in [6, 6.07) is 8.88. The minimum absolute atomic E-state index is 0.0819. The second-order valence-electron chi connectivity index (χ2n) is 4.47. The van der Waals surface area contributed by atoms with E-state index in [2.05, 4.69) is 11.2 Å². The third kappa shape index (κ3) is 2.57. The first kappa shape index (κ1) is 13.9. The van der Waals surface area contributed by atoms with E-state index in [1.54, 1.807) is 18.2 Å². The van der Waals surface area contributed by atoms with E-state index >= 15 is 0 Å². The predicted octanol–water partition coefficient (Wildman–Crippen LogP) is 1.77. The zero-order chi connectivity index (χ0) is 14.5. The van der Waals surface area contributed by atoms with E-state index in [1.165, 1.54) is 4.57 Å². The lowest BCUT2D eigenvalue weighted by molar-refractivity contribution is 0.0944. The number of rotatable bonds is 4. The van der Waals surface area contributed by atoms with Gasteiger partial charge < -0.3 is 5.32 Å². The van der Waals surface area contributed by atoms with Gasteiger partial charge in [0.15, 0.2) is 0 Å². The predicted molar refractivity (Wildman–Crippen MR) is 79.7 cm³/mol. The number of terminal acetylenes is 1. The molecule has 1 aromatic heterocycles. The van der Waals surface area contributed by atoms with Gasteiger partial charge in [0, 0.05) is 11.9 Å². The van der Waals surface area contributed by atoms with Crippen LogP contribution in [0.1, 0.15) is 23.8 Å². The summed E-state index contributed by atoms with van der Waals surface area (Å²) in [7, 11) is 0. The van der Waals surface area contributed by atoms with E-state index in [0.29, 0.717) is 17.6 Å². The molecule has 1 N–H and O–H groups in total. The molecule has 0 aliphatic rings. The van der Waals surface area contributed by atoms with E-state index in [1.807, 2.05) is 19.1 Å². The highest BCUT2D eigenvalue weighted by Crippen LogP contribution is 2.12. The fraction of sp³-hybridized carbons (Fsp3) is 0.250. The van der Waals surface area contributed by atoms with Crippen LogP contribution in [0.15, 0.2) is 35.1 Å². The maximum atomic E-state index is 12.4. The number of carbonyl (C=O) groups excluding carboxylic acids is 1. The quantitative estimate of drug-likeness (QED) is 0.859. The Hall–Kier alpha value is -2.54. The number of carbonyl (C=O) groups is 1. The highest BCUT2D eigenvalue weighted by molar-refractivity contribution is 5.96. The van der Waals surface area contributed by atoms with Crippen LogP contribution in [-0.4, -0.2) is 17.0 Å². The average Bonchev–Trinajstić information content (AvgIpc) is 2.47. The lowest BCUT2D eigenvalue weighted by atomic mass is 10.1. The van der Waals surface area contributed by atoms with Gasteiger partial charge in [0.05, 0.1) is 6.54 Å². The fourth-order valence-electron chi connectivity index (χ4n) is 2.06.